The lowest BCUT2D eigenvalue weighted by Gasteiger charge is -2.08. The molecule has 1 aromatic carbocycles. The third-order valence-corrected chi connectivity index (χ3v) is 5.81. The molecule has 0 saturated carbocycles. The molecule has 0 saturated heterocycles. The Kier molecular flexibility index (Phi) is 3.60. The molecular formula is C10H9BrN2O3S2. The summed E-state index contributed by atoms with van der Waals surface area (Å²) in [5.74, 6) is 0. The zero-order valence-electron chi connectivity index (χ0n) is 9.23. The van der Waals surface area contributed by atoms with Gasteiger partial charge in [-0.3, -0.25) is 9.52 Å². The molecule has 0 amide bonds. The van der Waals surface area contributed by atoms with E-state index in [9.17, 15) is 13.2 Å². The molecule has 18 heavy (non-hydrogen) atoms. The molecule has 0 fully saturated rings. The van der Waals surface area contributed by atoms with Gasteiger partial charge in [-0.15, -0.1) is 0 Å². The van der Waals surface area contributed by atoms with Gasteiger partial charge in [0, 0.05) is 10.2 Å². The monoisotopic (exact) mass is 348 g/mol. The van der Waals surface area contributed by atoms with Crippen LogP contribution in [0.25, 0.3) is 0 Å². The van der Waals surface area contributed by atoms with Crippen molar-refractivity contribution < 1.29 is 8.42 Å². The summed E-state index contributed by atoms with van der Waals surface area (Å²) in [5, 5.41) is 0. The van der Waals surface area contributed by atoms with Gasteiger partial charge in [-0.1, -0.05) is 23.5 Å². The number of H-pyrrole nitrogens is 1. The van der Waals surface area contributed by atoms with Crippen LogP contribution in [0.1, 0.15) is 5.69 Å². The molecule has 0 unspecified atom stereocenters. The van der Waals surface area contributed by atoms with Gasteiger partial charge < -0.3 is 4.98 Å². The molecule has 0 atom stereocenters. The van der Waals surface area contributed by atoms with E-state index in [-0.39, 0.29) is 9.08 Å². The van der Waals surface area contributed by atoms with E-state index in [4.69, 9.17) is 0 Å². The van der Waals surface area contributed by atoms with Crippen LogP contribution < -0.4 is 9.60 Å². The Hall–Kier alpha value is -1.12. The first-order chi connectivity index (χ1) is 8.40. The number of halogens is 1. The lowest BCUT2D eigenvalue weighted by molar-refractivity contribution is 0.602. The van der Waals surface area contributed by atoms with Gasteiger partial charge in [-0.25, -0.2) is 8.42 Å². The fourth-order valence-electron chi connectivity index (χ4n) is 1.38. The van der Waals surface area contributed by atoms with Crippen LogP contribution in [0.15, 0.2) is 37.7 Å². The standard InChI is InChI=1S/C10H9BrN2O3S2/c1-6-9(17-10(14)12-6)18(15,16)13-8-5-3-2-4-7(8)11/h2-5,13H,1H3,(H,12,14). The van der Waals surface area contributed by atoms with E-state index in [1.165, 1.54) is 0 Å². The van der Waals surface area contributed by atoms with E-state index in [0.29, 0.717) is 27.2 Å². The Labute approximate surface area is 116 Å². The molecule has 2 aromatic rings. The molecule has 0 radical (unpaired) electrons. The Balaban J connectivity index is 2.43. The van der Waals surface area contributed by atoms with Crippen molar-refractivity contribution in [3.05, 3.63) is 44.1 Å². The highest BCUT2D eigenvalue weighted by molar-refractivity contribution is 9.10. The molecule has 5 nitrogen and oxygen atoms in total. The van der Waals surface area contributed by atoms with E-state index in [2.05, 4.69) is 25.6 Å². The summed E-state index contributed by atoms with van der Waals surface area (Å²) in [4.78, 5) is 13.2. The fourth-order valence-corrected chi connectivity index (χ4v) is 4.28. The van der Waals surface area contributed by atoms with Crippen LogP contribution in [-0.4, -0.2) is 13.4 Å². The van der Waals surface area contributed by atoms with Gasteiger partial charge in [0.1, 0.15) is 0 Å². The van der Waals surface area contributed by atoms with Crippen LogP contribution in [-0.2, 0) is 10.0 Å². The summed E-state index contributed by atoms with van der Waals surface area (Å²) in [6.45, 7) is 1.55. The molecule has 0 aliphatic rings. The van der Waals surface area contributed by atoms with Crippen molar-refractivity contribution in [3.63, 3.8) is 0 Å². The van der Waals surface area contributed by atoms with Crippen LogP contribution in [0.5, 0.6) is 0 Å². The van der Waals surface area contributed by atoms with Gasteiger partial charge in [0.2, 0.25) is 0 Å². The van der Waals surface area contributed by atoms with E-state index in [1.54, 1.807) is 31.2 Å². The molecule has 2 rings (SSSR count). The van der Waals surface area contributed by atoms with Crippen LogP contribution in [0.4, 0.5) is 5.69 Å². The topological polar surface area (TPSA) is 79.0 Å². The number of anilines is 1. The average Bonchev–Trinajstić information content (AvgIpc) is 2.62. The number of nitrogens with one attached hydrogen (secondary N) is 2. The number of hydrogen-bond donors (Lipinski definition) is 2. The normalized spacial score (nSPS) is 11.4. The third-order valence-electron chi connectivity index (χ3n) is 2.14. The second-order valence-electron chi connectivity index (χ2n) is 3.51. The molecule has 0 aliphatic heterocycles. The fraction of sp³-hybridized carbons (Fsp3) is 0.100. The summed E-state index contributed by atoms with van der Waals surface area (Å²) in [5.41, 5.74) is 0.766. The van der Waals surface area contributed by atoms with E-state index in [1.807, 2.05) is 0 Å². The van der Waals surface area contributed by atoms with Crippen LogP contribution in [0.3, 0.4) is 0 Å². The number of sulfonamides is 1. The summed E-state index contributed by atoms with van der Waals surface area (Å²) < 4.78 is 27.3. The zero-order chi connectivity index (χ0) is 13.3. The Morgan fingerprint density at radius 2 is 2.00 bits per heavy atom. The number of thiazole rings is 1. The van der Waals surface area contributed by atoms with Crippen molar-refractivity contribution in [2.24, 2.45) is 0 Å². The maximum atomic E-state index is 12.1. The van der Waals surface area contributed by atoms with E-state index < -0.39 is 10.0 Å². The molecule has 0 bridgehead atoms. The zero-order valence-corrected chi connectivity index (χ0v) is 12.4. The largest absolute Gasteiger partial charge is 0.315 e. The number of rotatable bonds is 3. The minimum absolute atomic E-state index is 0.00301. The number of aryl methyl sites for hydroxylation is 1. The molecular weight excluding hydrogens is 340 g/mol. The summed E-state index contributed by atoms with van der Waals surface area (Å²) >= 11 is 3.92. The third kappa shape index (κ3) is 2.65. The highest BCUT2D eigenvalue weighted by Crippen LogP contribution is 2.25. The second-order valence-corrected chi connectivity index (χ2v) is 7.23. The minimum atomic E-state index is -3.74. The number of para-hydroxylation sites is 1. The summed E-state index contributed by atoms with van der Waals surface area (Å²) in [7, 11) is -3.74. The Bertz CT molecular complexity index is 734. The summed E-state index contributed by atoms with van der Waals surface area (Å²) in [6.07, 6.45) is 0. The van der Waals surface area contributed by atoms with Gasteiger partial charge in [0.05, 0.1) is 5.69 Å². The van der Waals surface area contributed by atoms with Crippen molar-refractivity contribution in [2.45, 2.75) is 11.1 Å². The van der Waals surface area contributed by atoms with Crippen molar-refractivity contribution in [2.75, 3.05) is 4.72 Å². The molecule has 96 valence electrons. The first kappa shape index (κ1) is 13.3. The second kappa shape index (κ2) is 4.87. The van der Waals surface area contributed by atoms with E-state index in [0.717, 1.165) is 0 Å². The SMILES string of the molecule is Cc1[nH]c(=O)sc1S(=O)(=O)Nc1ccccc1Br. The Morgan fingerprint density at radius 3 is 2.56 bits per heavy atom. The van der Waals surface area contributed by atoms with Gasteiger partial charge in [0.25, 0.3) is 10.0 Å². The maximum Gasteiger partial charge on any atom is 0.306 e. The molecule has 0 aliphatic carbocycles. The number of aromatic amines is 1. The van der Waals surface area contributed by atoms with Crippen molar-refractivity contribution in [1.29, 1.82) is 0 Å². The highest BCUT2D eigenvalue weighted by Gasteiger charge is 2.21. The highest BCUT2D eigenvalue weighted by atomic mass is 79.9. The molecule has 1 heterocycles. The van der Waals surface area contributed by atoms with Crippen molar-refractivity contribution >= 4 is 43.0 Å². The van der Waals surface area contributed by atoms with Gasteiger partial charge in [-0.05, 0) is 35.0 Å². The minimum Gasteiger partial charge on any atom is -0.315 e. The molecule has 1 aromatic heterocycles. The summed E-state index contributed by atoms with van der Waals surface area (Å²) in [6, 6.07) is 6.85. The molecule has 0 spiro atoms. The average molecular weight is 349 g/mol. The Morgan fingerprint density at radius 1 is 1.33 bits per heavy atom. The van der Waals surface area contributed by atoms with Gasteiger partial charge in [0.15, 0.2) is 4.21 Å². The van der Waals surface area contributed by atoms with Crippen LogP contribution >= 0.6 is 27.3 Å². The quantitative estimate of drug-likeness (QED) is 0.893. The molecule has 8 heteroatoms. The van der Waals surface area contributed by atoms with Crippen molar-refractivity contribution in [1.82, 2.24) is 4.98 Å². The number of hydrogen-bond acceptors (Lipinski definition) is 4. The predicted molar refractivity (Wildman–Crippen MR) is 74.6 cm³/mol. The first-order valence-electron chi connectivity index (χ1n) is 4.87. The maximum absolute atomic E-state index is 12.1. The number of aromatic nitrogens is 1. The lowest BCUT2D eigenvalue weighted by Crippen LogP contribution is -2.13. The van der Waals surface area contributed by atoms with Crippen LogP contribution in [0.2, 0.25) is 0 Å². The smallest absolute Gasteiger partial charge is 0.306 e. The lowest BCUT2D eigenvalue weighted by atomic mass is 10.3. The van der Waals surface area contributed by atoms with Crippen molar-refractivity contribution in [3.8, 4) is 0 Å². The number of benzene rings is 1. The van der Waals surface area contributed by atoms with Gasteiger partial charge in [-0.2, -0.15) is 0 Å². The van der Waals surface area contributed by atoms with Crippen LogP contribution in [0, 0.1) is 6.92 Å². The first-order valence-corrected chi connectivity index (χ1v) is 7.96. The molecule has 2 N–H and O–H groups in total. The van der Waals surface area contributed by atoms with Gasteiger partial charge >= 0.3 is 4.87 Å². The van der Waals surface area contributed by atoms with E-state index >= 15 is 0 Å². The predicted octanol–water partition coefficient (Wildman–Crippen LogP) is 2.31.